The molecule has 4 heteroatoms. The number of benzene rings is 1. The summed E-state index contributed by atoms with van der Waals surface area (Å²) in [7, 11) is 0. The number of nitrogens with one attached hydrogen (secondary N) is 1. The summed E-state index contributed by atoms with van der Waals surface area (Å²) in [6, 6.07) is 9.13. The van der Waals surface area contributed by atoms with Crippen molar-refractivity contribution >= 4 is 21.6 Å². The van der Waals surface area contributed by atoms with E-state index in [2.05, 4.69) is 52.1 Å². The molecule has 3 nitrogen and oxygen atoms in total. The Morgan fingerprint density at radius 3 is 2.84 bits per heavy atom. The van der Waals surface area contributed by atoms with E-state index in [9.17, 15) is 0 Å². The molecule has 2 rings (SSSR count). The minimum absolute atomic E-state index is 0.420. The van der Waals surface area contributed by atoms with Crippen molar-refractivity contribution in [2.24, 2.45) is 0 Å². The molecule has 1 aromatic rings. The summed E-state index contributed by atoms with van der Waals surface area (Å²) < 4.78 is 0.964. The van der Waals surface area contributed by atoms with Gasteiger partial charge in [-0.2, -0.15) is 5.26 Å². The molecular weight excluding hydrogens is 302 g/mol. The zero-order valence-electron chi connectivity index (χ0n) is 11.5. The van der Waals surface area contributed by atoms with Crippen LogP contribution in [0.5, 0.6) is 0 Å². The third-order valence-corrected chi connectivity index (χ3v) is 4.00. The maximum Gasteiger partial charge on any atom is 0.0992 e. The van der Waals surface area contributed by atoms with Crippen LogP contribution in [-0.4, -0.2) is 25.2 Å². The SMILES string of the molecule is CC(C)N(CC1CCCN1)c1cc(Br)cc(C#N)c1. The van der Waals surface area contributed by atoms with Gasteiger partial charge < -0.3 is 10.2 Å². The highest BCUT2D eigenvalue weighted by Crippen LogP contribution is 2.25. The van der Waals surface area contributed by atoms with Crippen molar-refractivity contribution in [1.29, 1.82) is 5.26 Å². The van der Waals surface area contributed by atoms with Crippen LogP contribution >= 0.6 is 15.9 Å². The second kappa shape index (κ2) is 6.40. The van der Waals surface area contributed by atoms with Gasteiger partial charge in [0, 0.05) is 28.8 Å². The zero-order valence-corrected chi connectivity index (χ0v) is 13.1. The van der Waals surface area contributed by atoms with Crippen molar-refractivity contribution < 1.29 is 0 Å². The summed E-state index contributed by atoms with van der Waals surface area (Å²) >= 11 is 3.49. The Labute approximate surface area is 123 Å². The van der Waals surface area contributed by atoms with Crippen LogP contribution in [-0.2, 0) is 0 Å². The van der Waals surface area contributed by atoms with Gasteiger partial charge in [-0.05, 0) is 51.4 Å². The molecule has 1 fully saturated rings. The van der Waals surface area contributed by atoms with Crippen LogP contribution in [0.4, 0.5) is 5.69 Å². The lowest BCUT2D eigenvalue weighted by Gasteiger charge is -2.32. The highest BCUT2D eigenvalue weighted by Gasteiger charge is 2.20. The molecule has 1 N–H and O–H groups in total. The first kappa shape index (κ1) is 14.4. The number of hydrogen-bond acceptors (Lipinski definition) is 3. The van der Waals surface area contributed by atoms with E-state index in [1.807, 2.05) is 12.1 Å². The first-order valence-electron chi connectivity index (χ1n) is 6.81. The number of rotatable bonds is 4. The van der Waals surface area contributed by atoms with Gasteiger partial charge in [-0.15, -0.1) is 0 Å². The van der Waals surface area contributed by atoms with E-state index in [4.69, 9.17) is 5.26 Å². The molecule has 0 saturated carbocycles. The zero-order chi connectivity index (χ0) is 13.8. The monoisotopic (exact) mass is 321 g/mol. The van der Waals surface area contributed by atoms with Gasteiger partial charge in [0.1, 0.15) is 0 Å². The highest BCUT2D eigenvalue weighted by atomic mass is 79.9. The summed E-state index contributed by atoms with van der Waals surface area (Å²) in [6.45, 7) is 6.52. The maximum atomic E-state index is 9.09. The molecule has 0 aliphatic carbocycles. The van der Waals surface area contributed by atoms with E-state index in [0.717, 1.165) is 23.2 Å². The second-order valence-electron chi connectivity index (χ2n) is 5.35. The molecule has 1 unspecified atom stereocenters. The molecule has 0 amide bonds. The molecule has 0 spiro atoms. The Morgan fingerprint density at radius 2 is 2.26 bits per heavy atom. The molecule has 0 bridgehead atoms. The van der Waals surface area contributed by atoms with E-state index in [0.29, 0.717) is 17.6 Å². The lowest BCUT2D eigenvalue weighted by molar-refractivity contribution is 0.553. The van der Waals surface area contributed by atoms with Crippen LogP contribution < -0.4 is 10.2 Å². The summed E-state index contributed by atoms with van der Waals surface area (Å²) in [5, 5.41) is 12.6. The quantitative estimate of drug-likeness (QED) is 0.924. The summed E-state index contributed by atoms with van der Waals surface area (Å²) in [6.07, 6.45) is 2.50. The predicted octanol–water partition coefficient (Wildman–Crippen LogP) is 3.29. The average molecular weight is 322 g/mol. The smallest absolute Gasteiger partial charge is 0.0992 e. The lowest BCUT2D eigenvalue weighted by Crippen LogP contribution is -2.41. The molecule has 1 aromatic carbocycles. The third kappa shape index (κ3) is 3.71. The fourth-order valence-corrected chi connectivity index (χ4v) is 3.05. The Morgan fingerprint density at radius 1 is 1.47 bits per heavy atom. The van der Waals surface area contributed by atoms with Gasteiger partial charge in [-0.1, -0.05) is 15.9 Å². The normalized spacial score (nSPS) is 18.6. The first-order valence-corrected chi connectivity index (χ1v) is 7.60. The van der Waals surface area contributed by atoms with Gasteiger partial charge in [0.15, 0.2) is 0 Å². The van der Waals surface area contributed by atoms with Crippen molar-refractivity contribution in [2.75, 3.05) is 18.0 Å². The number of anilines is 1. The topological polar surface area (TPSA) is 39.1 Å². The Kier molecular flexibility index (Phi) is 4.84. The largest absolute Gasteiger partial charge is 0.367 e. The predicted molar refractivity (Wildman–Crippen MR) is 82.4 cm³/mol. The van der Waals surface area contributed by atoms with E-state index in [1.165, 1.54) is 12.8 Å². The van der Waals surface area contributed by atoms with Crippen LogP contribution in [0, 0.1) is 11.3 Å². The van der Waals surface area contributed by atoms with Crippen molar-refractivity contribution in [3.8, 4) is 6.07 Å². The van der Waals surface area contributed by atoms with Crippen molar-refractivity contribution in [1.82, 2.24) is 5.32 Å². The summed E-state index contributed by atoms with van der Waals surface area (Å²) in [5.41, 5.74) is 1.82. The fraction of sp³-hybridized carbons (Fsp3) is 0.533. The Hall–Kier alpha value is -1.05. The average Bonchev–Trinajstić information content (AvgIpc) is 2.87. The Bertz CT molecular complexity index is 473. The van der Waals surface area contributed by atoms with Crippen LogP contribution in [0.2, 0.25) is 0 Å². The van der Waals surface area contributed by atoms with Gasteiger partial charge in [-0.3, -0.25) is 0 Å². The van der Waals surface area contributed by atoms with E-state index in [-0.39, 0.29) is 0 Å². The van der Waals surface area contributed by atoms with Crippen LogP contribution in [0.1, 0.15) is 32.3 Å². The second-order valence-corrected chi connectivity index (χ2v) is 6.26. The van der Waals surface area contributed by atoms with E-state index >= 15 is 0 Å². The van der Waals surface area contributed by atoms with Gasteiger partial charge in [0.25, 0.3) is 0 Å². The first-order chi connectivity index (χ1) is 9.10. The molecule has 1 aliphatic heterocycles. The standard InChI is InChI=1S/C15H20BrN3/c1-11(2)19(10-14-4-3-5-18-14)15-7-12(9-17)6-13(16)8-15/h6-8,11,14,18H,3-5,10H2,1-2H3. The minimum Gasteiger partial charge on any atom is -0.367 e. The van der Waals surface area contributed by atoms with Crippen LogP contribution in [0.25, 0.3) is 0 Å². The molecular formula is C15H20BrN3. The summed E-state index contributed by atoms with van der Waals surface area (Å²) in [4.78, 5) is 2.37. The molecule has 0 radical (unpaired) electrons. The minimum atomic E-state index is 0.420. The van der Waals surface area contributed by atoms with Crippen LogP contribution in [0.3, 0.4) is 0 Å². The van der Waals surface area contributed by atoms with Gasteiger partial charge in [-0.25, -0.2) is 0 Å². The lowest BCUT2D eigenvalue weighted by atomic mass is 10.1. The molecule has 102 valence electrons. The van der Waals surface area contributed by atoms with Gasteiger partial charge in [0.05, 0.1) is 11.6 Å². The maximum absolute atomic E-state index is 9.09. The molecule has 1 aliphatic rings. The van der Waals surface area contributed by atoms with Crippen molar-refractivity contribution in [3.63, 3.8) is 0 Å². The van der Waals surface area contributed by atoms with E-state index < -0.39 is 0 Å². The Balaban J connectivity index is 2.22. The molecule has 1 atom stereocenters. The molecule has 1 heterocycles. The van der Waals surface area contributed by atoms with Crippen molar-refractivity contribution in [3.05, 3.63) is 28.2 Å². The third-order valence-electron chi connectivity index (χ3n) is 3.55. The number of halogens is 1. The fourth-order valence-electron chi connectivity index (χ4n) is 2.57. The highest BCUT2D eigenvalue weighted by molar-refractivity contribution is 9.10. The van der Waals surface area contributed by atoms with Crippen molar-refractivity contribution in [2.45, 2.75) is 38.8 Å². The van der Waals surface area contributed by atoms with Crippen LogP contribution in [0.15, 0.2) is 22.7 Å². The van der Waals surface area contributed by atoms with Gasteiger partial charge in [0.2, 0.25) is 0 Å². The van der Waals surface area contributed by atoms with Gasteiger partial charge >= 0.3 is 0 Å². The number of hydrogen-bond donors (Lipinski definition) is 1. The number of nitriles is 1. The number of nitrogens with zero attached hydrogens (tertiary/aromatic N) is 2. The summed E-state index contributed by atoms with van der Waals surface area (Å²) in [5.74, 6) is 0. The molecule has 0 aromatic heterocycles. The molecule has 19 heavy (non-hydrogen) atoms. The van der Waals surface area contributed by atoms with E-state index in [1.54, 1.807) is 0 Å². The molecule has 1 saturated heterocycles.